The quantitative estimate of drug-likeness (QED) is 0.725. The van der Waals surface area contributed by atoms with Crippen LogP contribution >= 0.6 is 11.6 Å². The van der Waals surface area contributed by atoms with E-state index in [-0.39, 0.29) is 36.8 Å². The molecular weight excluding hydrogens is 383 g/mol. The van der Waals surface area contributed by atoms with E-state index in [4.69, 9.17) is 16.3 Å². The summed E-state index contributed by atoms with van der Waals surface area (Å²) in [5.74, 6) is -0.540. The van der Waals surface area contributed by atoms with Gasteiger partial charge in [0.25, 0.3) is 5.91 Å². The van der Waals surface area contributed by atoms with E-state index in [0.29, 0.717) is 16.3 Å². The van der Waals surface area contributed by atoms with E-state index < -0.39 is 6.04 Å². The second-order valence-electron chi connectivity index (χ2n) is 6.73. The second kappa shape index (κ2) is 10.1. The molecule has 0 aliphatic heterocycles. The number of halogens is 2. The molecule has 0 saturated heterocycles. The Bertz CT molecular complexity index is 812. The van der Waals surface area contributed by atoms with E-state index in [1.165, 1.54) is 17.0 Å². The smallest absolute Gasteiger partial charge is 0.261 e. The topological polar surface area (TPSA) is 58.6 Å². The Kier molecular flexibility index (Phi) is 7.81. The van der Waals surface area contributed by atoms with Crippen molar-refractivity contribution in [1.29, 1.82) is 0 Å². The molecule has 0 fully saturated rings. The molecule has 0 aliphatic rings. The zero-order valence-electron chi connectivity index (χ0n) is 16.1. The molecule has 2 amide bonds. The van der Waals surface area contributed by atoms with Crippen molar-refractivity contribution < 1.29 is 18.7 Å². The molecule has 0 aliphatic carbocycles. The molecule has 0 aromatic heterocycles. The molecule has 0 saturated carbocycles. The van der Waals surface area contributed by atoms with E-state index in [9.17, 15) is 14.0 Å². The number of nitrogens with one attached hydrogen (secondary N) is 1. The number of carbonyl (C=O) groups excluding carboxylic acids is 2. The zero-order chi connectivity index (χ0) is 20.7. The first-order valence-corrected chi connectivity index (χ1v) is 9.36. The lowest BCUT2D eigenvalue weighted by Gasteiger charge is -2.29. The number of amides is 2. The van der Waals surface area contributed by atoms with Gasteiger partial charge in [0.15, 0.2) is 6.61 Å². The number of nitrogens with zero attached hydrogens (tertiary/aromatic N) is 1. The fourth-order valence-corrected chi connectivity index (χ4v) is 2.74. The van der Waals surface area contributed by atoms with Crippen molar-refractivity contribution in [3.05, 3.63) is 64.9 Å². The molecule has 7 heteroatoms. The number of rotatable bonds is 8. The molecule has 1 N–H and O–H groups in total. The molecule has 2 aromatic rings. The highest BCUT2D eigenvalue weighted by Gasteiger charge is 2.26. The highest BCUT2D eigenvalue weighted by atomic mass is 35.5. The highest BCUT2D eigenvalue weighted by Crippen LogP contribution is 2.18. The third-order valence-corrected chi connectivity index (χ3v) is 4.26. The van der Waals surface area contributed by atoms with Gasteiger partial charge in [-0.2, -0.15) is 0 Å². The van der Waals surface area contributed by atoms with Crippen LogP contribution in [-0.4, -0.2) is 35.4 Å². The first kappa shape index (κ1) is 21.7. The molecule has 0 radical (unpaired) electrons. The van der Waals surface area contributed by atoms with Gasteiger partial charge in [-0.25, -0.2) is 4.39 Å². The fourth-order valence-electron chi connectivity index (χ4n) is 2.56. The maximum Gasteiger partial charge on any atom is 0.261 e. The van der Waals surface area contributed by atoms with Crippen molar-refractivity contribution in [1.82, 2.24) is 10.2 Å². The minimum Gasteiger partial charge on any atom is -0.484 e. The second-order valence-corrected chi connectivity index (χ2v) is 7.17. The summed E-state index contributed by atoms with van der Waals surface area (Å²) in [5.41, 5.74) is 0.710. The van der Waals surface area contributed by atoms with Crippen LogP contribution in [0.1, 0.15) is 26.3 Å². The van der Waals surface area contributed by atoms with Gasteiger partial charge in [-0.05, 0) is 56.7 Å². The first-order chi connectivity index (χ1) is 13.3. The number of hydrogen-bond acceptors (Lipinski definition) is 3. The SMILES string of the molecule is CC(C)NC(=O)[C@@H](C)N(Cc1ccc(F)cc1)C(=O)COc1cccc(Cl)c1. The largest absolute Gasteiger partial charge is 0.484 e. The third kappa shape index (κ3) is 6.53. The van der Waals surface area contributed by atoms with Crippen molar-refractivity contribution in [2.75, 3.05) is 6.61 Å². The van der Waals surface area contributed by atoms with E-state index in [1.807, 2.05) is 13.8 Å². The number of carbonyl (C=O) groups is 2. The van der Waals surface area contributed by atoms with Gasteiger partial charge in [0.05, 0.1) is 0 Å². The summed E-state index contributed by atoms with van der Waals surface area (Å²) in [5, 5.41) is 3.30. The average Bonchev–Trinajstić information content (AvgIpc) is 2.64. The van der Waals surface area contributed by atoms with Crippen LogP contribution in [0.3, 0.4) is 0 Å². The molecule has 2 rings (SSSR count). The standard InChI is InChI=1S/C21H24ClFN2O3/c1-14(2)24-21(27)15(3)25(12-16-7-9-18(23)10-8-16)20(26)13-28-19-6-4-5-17(22)11-19/h4-11,14-15H,12-13H2,1-3H3,(H,24,27)/t15-/m1/s1. The van der Waals surface area contributed by atoms with Crippen LogP contribution in [0.4, 0.5) is 4.39 Å². The van der Waals surface area contributed by atoms with E-state index in [0.717, 1.165) is 0 Å². The average molecular weight is 407 g/mol. The Morgan fingerprint density at radius 1 is 1.14 bits per heavy atom. The molecule has 0 bridgehead atoms. The maximum absolute atomic E-state index is 13.2. The lowest BCUT2D eigenvalue weighted by Crippen LogP contribution is -2.50. The van der Waals surface area contributed by atoms with Gasteiger partial charge in [-0.1, -0.05) is 29.8 Å². The van der Waals surface area contributed by atoms with Crippen molar-refractivity contribution in [3.63, 3.8) is 0 Å². The molecule has 5 nitrogen and oxygen atoms in total. The summed E-state index contributed by atoms with van der Waals surface area (Å²) >= 11 is 5.92. The first-order valence-electron chi connectivity index (χ1n) is 8.99. The summed E-state index contributed by atoms with van der Waals surface area (Å²) in [6.07, 6.45) is 0. The van der Waals surface area contributed by atoms with Crippen LogP contribution in [0.2, 0.25) is 5.02 Å². The summed E-state index contributed by atoms with van der Waals surface area (Å²) in [6, 6.07) is 11.8. The van der Waals surface area contributed by atoms with Crippen LogP contribution in [0.15, 0.2) is 48.5 Å². The zero-order valence-corrected chi connectivity index (χ0v) is 16.9. The maximum atomic E-state index is 13.2. The summed E-state index contributed by atoms with van der Waals surface area (Å²) in [4.78, 5) is 26.7. The van der Waals surface area contributed by atoms with Crippen molar-refractivity contribution in [2.24, 2.45) is 0 Å². The van der Waals surface area contributed by atoms with Gasteiger partial charge in [0.1, 0.15) is 17.6 Å². The third-order valence-electron chi connectivity index (χ3n) is 4.02. The van der Waals surface area contributed by atoms with Crippen molar-refractivity contribution in [2.45, 2.75) is 39.4 Å². The molecular formula is C21H24ClFN2O3. The molecule has 0 heterocycles. The van der Waals surface area contributed by atoms with Crippen LogP contribution in [0.25, 0.3) is 0 Å². The minimum atomic E-state index is -0.720. The lowest BCUT2D eigenvalue weighted by atomic mass is 10.1. The van der Waals surface area contributed by atoms with Gasteiger partial charge in [0, 0.05) is 17.6 Å². The van der Waals surface area contributed by atoms with E-state index >= 15 is 0 Å². The van der Waals surface area contributed by atoms with E-state index in [1.54, 1.807) is 43.3 Å². The van der Waals surface area contributed by atoms with Gasteiger partial charge in [-0.3, -0.25) is 9.59 Å². The van der Waals surface area contributed by atoms with Crippen molar-refractivity contribution in [3.8, 4) is 5.75 Å². The molecule has 150 valence electrons. The van der Waals surface area contributed by atoms with E-state index in [2.05, 4.69) is 5.32 Å². The van der Waals surface area contributed by atoms with Crippen molar-refractivity contribution >= 4 is 23.4 Å². The van der Waals surface area contributed by atoms with Crippen LogP contribution in [0, 0.1) is 5.82 Å². The Morgan fingerprint density at radius 3 is 2.43 bits per heavy atom. The predicted octanol–water partition coefficient (Wildman–Crippen LogP) is 3.80. The van der Waals surface area contributed by atoms with Gasteiger partial charge in [0.2, 0.25) is 5.91 Å². The van der Waals surface area contributed by atoms with Gasteiger partial charge >= 0.3 is 0 Å². The Balaban J connectivity index is 2.14. The number of ether oxygens (including phenoxy) is 1. The summed E-state index contributed by atoms with van der Waals surface area (Å²) in [7, 11) is 0. The molecule has 2 aromatic carbocycles. The molecule has 28 heavy (non-hydrogen) atoms. The normalized spacial score (nSPS) is 11.8. The predicted molar refractivity (Wildman–Crippen MR) is 107 cm³/mol. The monoisotopic (exact) mass is 406 g/mol. The fraction of sp³-hybridized carbons (Fsp3) is 0.333. The van der Waals surface area contributed by atoms with Crippen LogP contribution < -0.4 is 10.1 Å². The summed E-state index contributed by atoms with van der Waals surface area (Å²) in [6.45, 7) is 5.25. The molecule has 0 unspecified atom stereocenters. The van der Waals surface area contributed by atoms with Gasteiger partial charge in [-0.15, -0.1) is 0 Å². The van der Waals surface area contributed by atoms with Crippen LogP contribution in [-0.2, 0) is 16.1 Å². The minimum absolute atomic E-state index is 0.0552. The summed E-state index contributed by atoms with van der Waals surface area (Å²) < 4.78 is 18.7. The van der Waals surface area contributed by atoms with Gasteiger partial charge < -0.3 is 15.0 Å². The number of hydrogen-bond donors (Lipinski definition) is 1. The van der Waals surface area contributed by atoms with Crippen LogP contribution in [0.5, 0.6) is 5.75 Å². The lowest BCUT2D eigenvalue weighted by molar-refractivity contribution is -0.142. The molecule has 0 spiro atoms. The molecule has 1 atom stereocenters. The Morgan fingerprint density at radius 2 is 1.82 bits per heavy atom. The number of benzene rings is 2. The Labute approximate surface area is 169 Å². The Hall–Kier alpha value is -2.60. The highest BCUT2D eigenvalue weighted by molar-refractivity contribution is 6.30.